The molecule has 2 aliphatic rings. The molecule has 0 aromatic rings. The van der Waals surface area contributed by atoms with Crippen LogP contribution in [0, 0.1) is 17.3 Å². The van der Waals surface area contributed by atoms with Gasteiger partial charge in [-0.3, -0.25) is 4.79 Å². The van der Waals surface area contributed by atoms with Crippen LogP contribution in [0.1, 0.15) is 71.6 Å². The van der Waals surface area contributed by atoms with Gasteiger partial charge < -0.3 is 10.5 Å². The van der Waals surface area contributed by atoms with Crippen LogP contribution in [0.25, 0.3) is 0 Å². The molecule has 2 N–H and O–H groups in total. The second-order valence-corrected chi connectivity index (χ2v) is 7.06. The topological polar surface area (TPSA) is 52.3 Å². The van der Waals surface area contributed by atoms with Crippen molar-refractivity contribution in [1.29, 1.82) is 0 Å². The van der Waals surface area contributed by atoms with Crippen LogP contribution < -0.4 is 5.73 Å². The Bertz CT molecular complexity index is 321. The SMILES string of the molecule is CCC1CCCCC1OC(=O)C1(CN)CCC(C)CC1. The molecule has 2 aliphatic carbocycles. The van der Waals surface area contributed by atoms with Crippen molar-refractivity contribution in [3.63, 3.8) is 0 Å². The first-order valence-electron chi connectivity index (χ1n) is 8.52. The van der Waals surface area contributed by atoms with Gasteiger partial charge >= 0.3 is 5.97 Å². The van der Waals surface area contributed by atoms with Crippen molar-refractivity contribution in [1.82, 2.24) is 0 Å². The zero-order valence-corrected chi connectivity index (χ0v) is 13.2. The summed E-state index contributed by atoms with van der Waals surface area (Å²) in [6.45, 7) is 4.92. The number of hydrogen-bond donors (Lipinski definition) is 1. The Kier molecular flexibility index (Phi) is 5.48. The second-order valence-electron chi connectivity index (χ2n) is 7.06. The minimum atomic E-state index is -0.387. The Morgan fingerprint density at radius 2 is 1.85 bits per heavy atom. The fourth-order valence-electron chi connectivity index (χ4n) is 3.86. The Balaban J connectivity index is 1.98. The average molecular weight is 281 g/mol. The second kappa shape index (κ2) is 6.93. The summed E-state index contributed by atoms with van der Waals surface area (Å²) in [5.41, 5.74) is 5.57. The maximum absolute atomic E-state index is 12.7. The first kappa shape index (κ1) is 15.8. The number of esters is 1. The van der Waals surface area contributed by atoms with Gasteiger partial charge in [0, 0.05) is 6.54 Å². The van der Waals surface area contributed by atoms with E-state index in [4.69, 9.17) is 10.5 Å². The van der Waals surface area contributed by atoms with Gasteiger partial charge in [-0.2, -0.15) is 0 Å². The first-order valence-corrected chi connectivity index (χ1v) is 8.52. The fraction of sp³-hybridized carbons (Fsp3) is 0.941. The molecule has 3 nitrogen and oxygen atoms in total. The highest BCUT2D eigenvalue weighted by Gasteiger charge is 2.43. The van der Waals surface area contributed by atoms with Gasteiger partial charge in [-0.1, -0.05) is 20.3 Å². The standard InChI is InChI=1S/C17H31NO2/c1-3-14-6-4-5-7-15(14)20-16(19)17(12-18)10-8-13(2)9-11-17/h13-15H,3-12,18H2,1-2H3. The van der Waals surface area contributed by atoms with Gasteiger partial charge in [0.2, 0.25) is 0 Å². The van der Waals surface area contributed by atoms with Crippen molar-refractivity contribution in [2.45, 2.75) is 77.7 Å². The maximum atomic E-state index is 12.7. The van der Waals surface area contributed by atoms with Crippen molar-refractivity contribution >= 4 is 5.97 Å². The van der Waals surface area contributed by atoms with Gasteiger partial charge in [0.15, 0.2) is 0 Å². The van der Waals surface area contributed by atoms with E-state index in [1.54, 1.807) is 0 Å². The van der Waals surface area contributed by atoms with Gasteiger partial charge in [-0.25, -0.2) is 0 Å². The lowest BCUT2D eigenvalue weighted by molar-refractivity contribution is -0.168. The Morgan fingerprint density at radius 3 is 2.45 bits per heavy atom. The number of carbonyl (C=O) groups excluding carboxylic acids is 1. The number of ether oxygens (including phenoxy) is 1. The highest BCUT2D eigenvalue weighted by molar-refractivity contribution is 5.77. The maximum Gasteiger partial charge on any atom is 0.313 e. The van der Waals surface area contributed by atoms with E-state index in [9.17, 15) is 4.79 Å². The lowest BCUT2D eigenvalue weighted by Crippen LogP contribution is -2.45. The molecule has 2 atom stereocenters. The molecule has 2 unspecified atom stereocenters. The predicted molar refractivity (Wildman–Crippen MR) is 81.2 cm³/mol. The monoisotopic (exact) mass is 281 g/mol. The molecule has 20 heavy (non-hydrogen) atoms. The molecule has 2 rings (SSSR count). The Hall–Kier alpha value is -0.570. The highest BCUT2D eigenvalue weighted by atomic mass is 16.5. The van der Waals surface area contributed by atoms with Crippen LogP contribution in [0.3, 0.4) is 0 Å². The van der Waals surface area contributed by atoms with Crippen LogP contribution in [0.15, 0.2) is 0 Å². The largest absolute Gasteiger partial charge is 0.462 e. The summed E-state index contributed by atoms with van der Waals surface area (Å²) in [7, 11) is 0. The third kappa shape index (κ3) is 3.36. The minimum absolute atomic E-state index is 0.00255. The normalized spacial score (nSPS) is 38.5. The molecular weight excluding hydrogens is 250 g/mol. The van der Waals surface area contributed by atoms with Crippen molar-refractivity contribution < 1.29 is 9.53 Å². The molecule has 0 saturated heterocycles. The quantitative estimate of drug-likeness (QED) is 0.800. The number of rotatable bonds is 4. The van der Waals surface area contributed by atoms with Crippen LogP contribution in [-0.2, 0) is 9.53 Å². The molecule has 3 heteroatoms. The lowest BCUT2D eigenvalue weighted by Gasteiger charge is -2.39. The molecule has 0 amide bonds. The molecule has 0 aromatic carbocycles. The highest BCUT2D eigenvalue weighted by Crippen LogP contribution is 2.40. The van der Waals surface area contributed by atoms with Crippen LogP contribution in [-0.4, -0.2) is 18.6 Å². The predicted octanol–water partition coefficient (Wildman–Crippen LogP) is 3.65. The van der Waals surface area contributed by atoms with Crippen molar-refractivity contribution in [2.24, 2.45) is 23.0 Å². The molecule has 0 radical (unpaired) electrons. The zero-order chi connectivity index (χ0) is 14.6. The summed E-state index contributed by atoms with van der Waals surface area (Å²) in [4.78, 5) is 12.7. The molecule has 0 spiro atoms. The van der Waals surface area contributed by atoms with E-state index in [1.807, 2.05) is 0 Å². The van der Waals surface area contributed by atoms with E-state index in [0.717, 1.165) is 44.4 Å². The Labute approximate surface area is 123 Å². The number of hydrogen-bond acceptors (Lipinski definition) is 3. The van der Waals surface area contributed by atoms with Crippen LogP contribution >= 0.6 is 0 Å². The summed E-state index contributed by atoms with van der Waals surface area (Å²) >= 11 is 0. The summed E-state index contributed by atoms with van der Waals surface area (Å²) in [5, 5.41) is 0. The smallest absolute Gasteiger partial charge is 0.313 e. The van der Waals surface area contributed by atoms with Crippen LogP contribution in [0.5, 0.6) is 0 Å². The van der Waals surface area contributed by atoms with Gasteiger partial charge in [0.05, 0.1) is 5.41 Å². The molecular formula is C17H31NO2. The molecule has 0 aliphatic heterocycles. The third-order valence-electron chi connectivity index (χ3n) is 5.68. The van der Waals surface area contributed by atoms with Gasteiger partial charge in [0.1, 0.15) is 6.10 Å². The fourth-order valence-corrected chi connectivity index (χ4v) is 3.86. The molecule has 0 bridgehead atoms. The van der Waals surface area contributed by atoms with Crippen LogP contribution in [0.2, 0.25) is 0 Å². The Morgan fingerprint density at radius 1 is 1.20 bits per heavy atom. The van der Waals surface area contributed by atoms with E-state index in [-0.39, 0.29) is 17.5 Å². The lowest BCUT2D eigenvalue weighted by atomic mass is 9.70. The van der Waals surface area contributed by atoms with Gasteiger partial charge in [0.25, 0.3) is 0 Å². The van der Waals surface area contributed by atoms with E-state index >= 15 is 0 Å². The first-order chi connectivity index (χ1) is 9.61. The average Bonchev–Trinajstić information content (AvgIpc) is 2.49. The van der Waals surface area contributed by atoms with E-state index in [1.165, 1.54) is 19.3 Å². The number of nitrogens with two attached hydrogens (primary N) is 1. The molecule has 2 fully saturated rings. The molecule has 2 saturated carbocycles. The molecule has 0 heterocycles. The van der Waals surface area contributed by atoms with Crippen molar-refractivity contribution in [3.05, 3.63) is 0 Å². The minimum Gasteiger partial charge on any atom is -0.462 e. The van der Waals surface area contributed by atoms with E-state index in [0.29, 0.717) is 12.5 Å². The van der Waals surface area contributed by atoms with Gasteiger partial charge in [-0.15, -0.1) is 0 Å². The van der Waals surface area contributed by atoms with Crippen molar-refractivity contribution in [3.8, 4) is 0 Å². The summed E-state index contributed by atoms with van der Waals surface area (Å²) < 4.78 is 5.94. The molecule has 0 aromatic heterocycles. The summed E-state index contributed by atoms with van der Waals surface area (Å²) in [5.74, 6) is 1.28. The third-order valence-corrected chi connectivity index (χ3v) is 5.68. The van der Waals surface area contributed by atoms with Crippen LogP contribution in [0.4, 0.5) is 0 Å². The summed E-state index contributed by atoms with van der Waals surface area (Å²) in [6.07, 6.45) is 10.0. The molecule has 116 valence electrons. The van der Waals surface area contributed by atoms with Gasteiger partial charge in [-0.05, 0) is 63.2 Å². The summed E-state index contributed by atoms with van der Waals surface area (Å²) in [6, 6.07) is 0. The number of carbonyl (C=O) groups is 1. The van der Waals surface area contributed by atoms with Crippen molar-refractivity contribution in [2.75, 3.05) is 6.54 Å². The van der Waals surface area contributed by atoms with E-state index in [2.05, 4.69) is 13.8 Å². The zero-order valence-electron chi connectivity index (χ0n) is 13.2. The van der Waals surface area contributed by atoms with E-state index < -0.39 is 0 Å².